The molecular weight excluding hydrogens is 285 g/mol. The van der Waals surface area contributed by atoms with Crippen LogP contribution in [0.25, 0.3) is 0 Å². The second-order valence-electron chi connectivity index (χ2n) is 4.26. The lowest BCUT2D eigenvalue weighted by Crippen LogP contribution is -2.46. The molecule has 8 heteroatoms. The van der Waals surface area contributed by atoms with Gasteiger partial charge in [-0.15, -0.1) is 0 Å². The van der Waals surface area contributed by atoms with Gasteiger partial charge in [-0.1, -0.05) is 12.1 Å². The molecule has 0 atom stereocenters. The van der Waals surface area contributed by atoms with Crippen molar-refractivity contribution in [1.29, 1.82) is 0 Å². The van der Waals surface area contributed by atoms with Crippen molar-refractivity contribution in [3.8, 4) is 0 Å². The Bertz CT molecular complexity index is 785. The molecular formula is C12H10FN3O3S. The number of halogens is 1. The number of hydrogen-bond donors (Lipinski definition) is 1. The van der Waals surface area contributed by atoms with E-state index < -0.39 is 22.1 Å². The summed E-state index contributed by atoms with van der Waals surface area (Å²) >= 11 is 0. The minimum absolute atomic E-state index is 0.186. The fourth-order valence-corrected chi connectivity index (χ4v) is 3.36. The summed E-state index contributed by atoms with van der Waals surface area (Å²) in [5, 5.41) is 2.46. The molecule has 1 aromatic carbocycles. The molecule has 6 nitrogen and oxygen atoms in total. The van der Waals surface area contributed by atoms with Gasteiger partial charge < -0.3 is 0 Å². The highest BCUT2D eigenvalue weighted by molar-refractivity contribution is 7.88. The largest absolute Gasteiger partial charge is 0.338 e. The molecule has 1 N–H and O–H groups in total. The molecule has 1 aromatic heterocycles. The summed E-state index contributed by atoms with van der Waals surface area (Å²) in [6.07, 6.45) is 1.34. The molecule has 0 bridgehead atoms. The first-order valence-electron chi connectivity index (χ1n) is 5.74. The number of aromatic nitrogens is 1. The Balaban J connectivity index is 2.00. The van der Waals surface area contributed by atoms with Gasteiger partial charge in [0.25, 0.3) is 0 Å². The number of nitrogens with one attached hydrogen (secondary N) is 1. The second-order valence-corrected chi connectivity index (χ2v) is 5.99. The van der Waals surface area contributed by atoms with Crippen LogP contribution in [-0.2, 0) is 16.8 Å². The third kappa shape index (κ3) is 1.94. The monoisotopic (exact) mass is 295 g/mol. The standard InChI is InChI=1S/C12H10FN3O3S/c13-10-4-1-3-9(7-10)8-16-12(17)14-11-5-2-6-15(11)20(16,18)19/h1-7H,8H2,(H,14,17). The van der Waals surface area contributed by atoms with Crippen molar-refractivity contribution in [2.75, 3.05) is 5.32 Å². The van der Waals surface area contributed by atoms with Gasteiger partial charge in [0.05, 0.1) is 6.54 Å². The summed E-state index contributed by atoms with van der Waals surface area (Å²) in [6.45, 7) is -0.233. The van der Waals surface area contributed by atoms with Crippen LogP contribution in [0.4, 0.5) is 15.0 Å². The normalized spacial score (nSPS) is 16.6. The van der Waals surface area contributed by atoms with Crippen molar-refractivity contribution in [3.05, 3.63) is 54.0 Å². The lowest BCUT2D eigenvalue weighted by molar-refractivity contribution is 0.233. The van der Waals surface area contributed by atoms with Crippen LogP contribution >= 0.6 is 0 Å². The van der Waals surface area contributed by atoms with Crippen LogP contribution in [0, 0.1) is 5.82 Å². The van der Waals surface area contributed by atoms with Crippen LogP contribution in [0.5, 0.6) is 0 Å². The Hall–Kier alpha value is -2.35. The predicted molar refractivity (Wildman–Crippen MR) is 69.7 cm³/mol. The van der Waals surface area contributed by atoms with Gasteiger partial charge in [0, 0.05) is 6.20 Å². The molecule has 2 heterocycles. The van der Waals surface area contributed by atoms with Crippen LogP contribution in [0.3, 0.4) is 0 Å². The Morgan fingerprint density at radius 2 is 2.00 bits per heavy atom. The van der Waals surface area contributed by atoms with E-state index in [1.807, 2.05) is 0 Å². The number of anilines is 1. The highest BCUT2D eigenvalue weighted by Crippen LogP contribution is 2.23. The van der Waals surface area contributed by atoms with E-state index in [1.165, 1.54) is 36.5 Å². The first-order valence-corrected chi connectivity index (χ1v) is 7.14. The summed E-state index contributed by atoms with van der Waals surface area (Å²) < 4.78 is 39.4. The van der Waals surface area contributed by atoms with Crippen LogP contribution in [0.15, 0.2) is 42.6 Å². The van der Waals surface area contributed by atoms with E-state index >= 15 is 0 Å². The zero-order valence-electron chi connectivity index (χ0n) is 10.2. The Kier molecular flexibility index (Phi) is 2.75. The topological polar surface area (TPSA) is 71.4 Å². The Morgan fingerprint density at radius 1 is 1.20 bits per heavy atom. The van der Waals surface area contributed by atoms with Gasteiger partial charge in [-0.3, -0.25) is 5.32 Å². The molecule has 0 saturated heterocycles. The minimum Gasteiger partial charge on any atom is -0.292 e. The summed E-state index contributed by atoms with van der Waals surface area (Å²) in [6, 6.07) is 7.68. The van der Waals surface area contributed by atoms with Gasteiger partial charge in [-0.05, 0) is 29.8 Å². The van der Waals surface area contributed by atoms with Crippen molar-refractivity contribution in [2.45, 2.75) is 6.54 Å². The van der Waals surface area contributed by atoms with E-state index in [4.69, 9.17) is 0 Å². The van der Waals surface area contributed by atoms with E-state index in [9.17, 15) is 17.6 Å². The summed E-state index contributed by atoms with van der Waals surface area (Å²) in [5.41, 5.74) is 0.388. The van der Waals surface area contributed by atoms with Gasteiger partial charge in [0.1, 0.15) is 11.6 Å². The van der Waals surface area contributed by atoms with Crippen molar-refractivity contribution >= 4 is 22.1 Å². The van der Waals surface area contributed by atoms with Crippen LogP contribution in [0.2, 0.25) is 0 Å². The third-order valence-corrected chi connectivity index (χ3v) is 4.58. The number of rotatable bonds is 2. The number of fused-ring (bicyclic) bond motifs is 1. The molecule has 3 rings (SSSR count). The lowest BCUT2D eigenvalue weighted by atomic mass is 10.2. The van der Waals surface area contributed by atoms with Gasteiger partial charge in [0.15, 0.2) is 0 Å². The third-order valence-electron chi connectivity index (χ3n) is 2.92. The number of urea groups is 1. The quantitative estimate of drug-likeness (QED) is 0.917. The van der Waals surface area contributed by atoms with Crippen LogP contribution < -0.4 is 5.32 Å². The minimum atomic E-state index is -3.98. The SMILES string of the molecule is O=C1Nc2cccn2S(=O)(=O)N1Cc1cccc(F)c1. The van der Waals surface area contributed by atoms with Crippen molar-refractivity contribution < 1.29 is 17.6 Å². The number of nitrogens with zero attached hydrogens (tertiary/aromatic N) is 2. The fraction of sp³-hybridized carbons (Fsp3) is 0.0833. The first kappa shape index (κ1) is 12.7. The zero-order chi connectivity index (χ0) is 14.3. The van der Waals surface area contributed by atoms with Gasteiger partial charge in [0.2, 0.25) is 0 Å². The van der Waals surface area contributed by atoms with Crippen LogP contribution in [0.1, 0.15) is 5.56 Å². The van der Waals surface area contributed by atoms with Crippen molar-refractivity contribution in [2.24, 2.45) is 0 Å². The maximum atomic E-state index is 13.1. The van der Waals surface area contributed by atoms with Gasteiger partial charge >= 0.3 is 16.2 Å². The summed E-state index contributed by atoms with van der Waals surface area (Å²) in [7, 11) is -3.98. The number of hydrogen-bond acceptors (Lipinski definition) is 3. The highest BCUT2D eigenvalue weighted by atomic mass is 32.2. The lowest BCUT2D eigenvalue weighted by Gasteiger charge is -2.28. The molecule has 20 heavy (non-hydrogen) atoms. The van der Waals surface area contributed by atoms with Crippen molar-refractivity contribution in [1.82, 2.24) is 8.28 Å². The average molecular weight is 295 g/mol. The fourth-order valence-electron chi connectivity index (χ4n) is 2.00. The Labute approximate surface area is 114 Å². The molecule has 2 aromatic rings. The van der Waals surface area contributed by atoms with E-state index in [2.05, 4.69) is 5.32 Å². The van der Waals surface area contributed by atoms with Crippen LogP contribution in [-0.4, -0.2) is 22.7 Å². The zero-order valence-corrected chi connectivity index (χ0v) is 11.0. The molecule has 104 valence electrons. The number of carbonyl (C=O) groups is 1. The first-order chi connectivity index (χ1) is 9.48. The summed E-state index contributed by atoms with van der Waals surface area (Å²) in [5.74, 6) is -0.301. The number of amides is 2. The summed E-state index contributed by atoms with van der Waals surface area (Å²) in [4.78, 5) is 11.9. The van der Waals surface area contributed by atoms with Gasteiger partial charge in [-0.2, -0.15) is 12.7 Å². The molecule has 0 spiro atoms. The molecule has 0 fully saturated rings. The highest BCUT2D eigenvalue weighted by Gasteiger charge is 2.35. The smallest absolute Gasteiger partial charge is 0.292 e. The maximum absolute atomic E-state index is 13.1. The molecule has 1 aliphatic heterocycles. The predicted octanol–water partition coefficient (Wildman–Crippen LogP) is 1.77. The molecule has 1 aliphatic rings. The molecule has 0 radical (unpaired) electrons. The Morgan fingerprint density at radius 3 is 2.75 bits per heavy atom. The van der Waals surface area contributed by atoms with E-state index in [1.54, 1.807) is 6.07 Å². The van der Waals surface area contributed by atoms with Crippen molar-refractivity contribution in [3.63, 3.8) is 0 Å². The molecule has 0 aliphatic carbocycles. The van der Waals surface area contributed by atoms with E-state index in [0.717, 1.165) is 3.97 Å². The van der Waals surface area contributed by atoms with E-state index in [0.29, 0.717) is 9.87 Å². The maximum Gasteiger partial charge on any atom is 0.338 e. The second kappa shape index (κ2) is 4.34. The average Bonchev–Trinajstić information content (AvgIpc) is 2.84. The number of carbonyl (C=O) groups excluding carboxylic acids is 1. The molecule has 0 saturated carbocycles. The van der Waals surface area contributed by atoms with Gasteiger partial charge in [-0.25, -0.2) is 13.2 Å². The molecule has 2 amide bonds. The van der Waals surface area contributed by atoms with E-state index in [-0.39, 0.29) is 12.4 Å². The molecule has 0 unspecified atom stereocenters. The number of benzene rings is 1.